The molecular weight excluding hydrogens is 286 g/mol. The van der Waals surface area contributed by atoms with E-state index in [1.807, 2.05) is 6.08 Å². The number of carboxylic acids is 1. The minimum Gasteiger partial charge on any atom is -0.478 e. The Balaban J connectivity index is 2.23. The van der Waals surface area contributed by atoms with E-state index >= 15 is 0 Å². The summed E-state index contributed by atoms with van der Waals surface area (Å²) in [5, 5.41) is 9.14. The SMILES string of the molecule is Cc1ccc(F)c(F)c1C1=CCCc2ccc(C(=O)O)cc21. The summed E-state index contributed by atoms with van der Waals surface area (Å²) < 4.78 is 27.9. The van der Waals surface area contributed by atoms with Crippen molar-refractivity contribution in [2.75, 3.05) is 0 Å². The molecular formula is C18H14F2O2. The van der Waals surface area contributed by atoms with E-state index in [1.165, 1.54) is 12.1 Å². The molecule has 0 amide bonds. The summed E-state index contributed by atoms with van der Waals surface area (Å²) in [5.74, 6) is -2.83. The topological polar surface area (TPSA) is 37.3 Å². The number of carbonyl (C=O) groups is 1. The molecule has 0 aromatic heterocycles. The highest BCUT2D eigenvalue weighted by Crippen LogP contribution is 2.35. The number of allylic oxidation sites excluding steroid dienone is 1. The van der Waals surface area contributed by atoms with E-state index in [2.05, 4.69) is 0 Å². The Labute approximate surface area is 126 Å². The van der Waals surface area contributed by atoms with Gasteiger partial charge in [0, 0.05) is 5.56 Å². The van der Waals surface area contributed by atoms with Gasteiger partial charge in [-0.1, -0.05) is 18.2 Å². The van der Waals surface area contributed by atoms with Crippen LogP contribution in [0.4, 0.5) is 8.78 Å². The van der Waals surface area contributed by atoms with Crippen molar-refractivity contribution >= 4 is 11.5 Å². The predicted molar refractivity (Wildman–Crippen MR) is 79.9 cm³/mol. The number of rotatable bonds is 2. The number of aryl methyl sites for hydroxylation is 2. The molecule has 112 valence electrons. The van der Waals surface area contributed by atoms with Crippen LogP contribution >= 0.6 is 0 Å². The molecule has 0 aliphatic heterocycles. The fourth-order valence-corrected chi connectivity index (χ4v) is 2.87. The van der Waals surface area contributed by atoms with Crippen molar-refractivity contribution < 1.29 is 18.7 Å². The zero-order valence-corrected chi connectivity index (χ0v) is 12.0. The Bertz CT molecular complexity index is 807. The largest absolute Gasteiger partial charge is 0.478 e. The number of hydrogen-bond acceptors (Lipinski definition) is 1. The molecule has 0 spiro atoms. The number of fused-ring (bicyclic) bond motifs is 1. The maximum Gasteiger partial charge on any atom is 0.335 e. The number of carboxylic acid groups (broad SMARTS) is 1. The Morgan fingerprint density at radius 2 is 1.95 bits per heavy atom. The normalized spacial score (nSPS) is 13.5. The summed E-state index contributed by atoms with van der Waals surface area (Å²) in [7, 11) is 0. The van der Waals surface area contributed by atoms with Gasteiger partial charge in [-0.05, 0) is 60.2 Å². The second kappa shape index (κ2) is 5.37. The molecule has 3 rings (SSSR count). The summed E-state index contributed by atoms with van der Waals surface area (Å²) in [6.07, 6.45) is 3.32. The van der Waals surface area contributed by atoms with E-state index < -0.39 is 17.6 Å². The first-order valence-corrected chi connectivity index (χ1v) is 7.00. The van der Waals surface area contributed by atoms with Crippen molar-refractivity contribution in [3.8, 4) is 0 Å². The van der Waals surface area contributed by atoms with Gasteiger partial charge < -0.3 is 5.11 Å². The summed E-state index contributed by atoms with van der Waals surface area (Å²) in [4.78, 5) is 11.2. The maximum absolute atomic E-state index is 14.3. The molecule has 4 heteroatoms. The Morgan fingerprint density at radius 3 is 2.68 bits per heavy atom. The van der Waals surface area contributed by atoms with Crippen molar-refractivity contribution in [3.63, 3.8) is 0 Å². The van der Waals surface area contributed by atoms with Crippen molar-refractivity contribution in [2.24, 2.45) is 0 Å². The van der Waals surface area contributed by atoms with E-state index in [1.54, 1.807) is 19.1 Å². The highest BCUT2D eigenvalue weighted by molar-refractivity contribution is 5.92. The lowest BCUT2D eigenvalue weighted by Crippen LogP contribution is -2.07. The fraction of sp³-hybridized carbons (Fsp3) is 0.167. The van der Waals surface area contributed by atoms with E-state index in [9.17, 15) is 13.6 Å². The van der Waals surface area contributed by atoms with Crippen LogP contribution in [-0.2, 0) is 6.42 Å². The second-order valence-electron chi connectivity index (χ2n) is 5.39. The van der Waals surface area contributed by atoms with Gasteiger partial charge in [-0.3, -0.25) is 0 Å². The van der Waals surface area contributed by atoms with Gasteiger partial charge >= 0.3 is 5.97 Å². The molecule has 1 aliphatic carbocycles. The van der Waals surface area contributed by atoms with Crippen LogP contribution in [0.1, 0.15) is 39.0 Å². The minimum absolute atomic E-state index is 0.140. The lowest BCUT2D eigenvalue weighted by molar-refractivity contribution is 0.0697. The third-order valence-corrected chi connectivity index (χ3v) is 3.98. The Kier molecular flexibility index (Phi) is 3.53. The van der Waals surface area contributed by atoms with Gasteiger partial charge in [0.2, 0.25) is 0 Å². The number of halogens is 2. The Hall–Kier alpha value is -2.49. The van der Waals surface area contributed by atoms with Gasteiger partial charge in [0.15, 0.2) is 11.6 Å². The molecule has 2 aromatic rings. The van der Waals surface area contributed by atoms with Gasteiger partial charge in [-0.2, -0.15) is 0 Å². The van der Waals surface area contributed by atoms with Gasteiger partial charge in [-0.25, -0.2) is 13.6 Å². The Morgan fingerprint density at radius 1 is 1.18 bits per heavy atom. The number of hydrogen-bond donors (Lipinski definition) is 1. The van der Waals surface area contributed by atoms with Gasteiger partial charge in [0.25, 0.3) is 0 Å². The molecule has 0 heterocycles. The smallest absolute Gasteiger partial charge is 0.335 e. The summed E-state index contributed by atoms with van der Waals surface area (Å²) in [6.45, 7) is 1.72. The summed E-state index contributed by atoms with van der Waals surface area (Å²) in [5.41, 5.74) is 3.16. The molecule has 1 N–H and O–H groups in total. The third kappa shape index (κ3) is 2.30. The van der Waals surface area contributed by atoms with Crippen molar-refractivity contribution in [1.82, 2.24) is 0 Å². The zero-order valence-electron chi connectivity index (χ0n) is 12.0. The maximum atomic E-state index is 14.3. The summed E-state index contributed by atoms with van der Waals surface area (Å²) >= 11 is 0. The third-order valence-electron chi connectivity index (χ3n) is 3.98. The average molecular weight is 300 g/mol. The minimum atomic E-state index is -1.04. The van der Waals surface area contributed by atoms with E-state index in [0.717, 1.165) is 18.1 Å². The van der Waals surface area contributed by atoms with Gasteiger partial charge in [-0.15, -0.1) is 0 Å². The van der Waals surface area contributed by atoms with Crippen LogP contribution in [0.3, 0.4) is 0 Å². The van der Waals surface area contributed by atoms with Crippen LogP contribution in [0.15, 0.2) is 36.4 Å². The van der Waals surface area contributed by atoms with Crippen LogP contribution in [0.25, 0.3) is 5.57 Å². The first kappa shape index (κ1) is 14.4. The molecule has 2 nitrogen and oxygen atoms in total. The standard InChI is InChI=1S/C18H14F2O2/c1-10-5-8-15(19)17(20)16(10)13-4-2-3-11-6-7-12(18(21)22)9-14(11)13/h4-9H,2-3H2,1H3,(H,21,22). The number of aromatic carboxylic acids is 1. The average Bonchev–Trinajstić information content (AvgIpc) is 2.51. The summed E-state index contributed by atoms with van der Waals surface area (Å²) in [6, 6.07) is 7.46. The van der Waals surface area contributed by atoms with Crippen LogP contribution in [0.2, 0.25) is 0 Å². The molecule has 0 unspecified atom stereocenters. The van der Waals surface area contributed by atoms with Crippen molar-refractivity contribution in [2.45, 2.75) is 19.8 Å². The van der Waals surface area contributed by atoms with Crippen LogP contribution in [-0.4, -0.2) is 11.1 Å². The van der Waals surface area contributed by atoms with Crippen LogP contribution in [0, 0.1) is 18.6 Å². The molecule has 22 heavy (non-hydrogen) atoms. The molecule has 0 fully saturated rings. The monoisotopic (exact) mass is 300 g/mol. The van der Waals surface area contributed by atoms with Crippen molar-refractivity contribution in [1.29, 1.82) is 0 Å². The molecule has 2 aromatic carbocycles. The van der Waals surface area contributed by atoms with Crippen LogP contribution < -0.4 is 0 Å². The van der Waals surface area contributed by atoms with E-state index in [0.29, 0.717) is 23.1 Å². The highest BCUT2D eigenvalue weighted by Gasteiger charge is 2.22. The van der Waals surface area contributed by atoms with Gasteiger partial charge in [0.1, 0.15) is 0 Å². The first-order valence-electron chi connectivity index (χ1n) is 7.00. The van der Waals surface area contributed by atoms with E-state index in [4.69, 9.17) is 5.11 Å². The van der Waals surface area contributed by atoms with Gasteiger partial charge in [0.05, 0.1) is 5.56 Å². The van der Waals surface area contributed by atoms with E-state index in [-0.39, 0.29) is 11.1 Å². The zero-order chi connectivity index (χ0) is 15.9. The second-order valence-corrected chi connectivity index (χ2v) is 5.39. The quantitative estimate of drug-likeness (QED) is 0.895. The lowest BCUT2D eigenvalue weighted by atomic mass is 9.84. The molecule has 0 atom stereocenters. The van der Waals surface area contributed by atoms with Crippen molar-refractivity contribution in [3.05, 3.63) is 75.9 Å². The molecule has 0 saturated heterocycles. The first-order chi connectivity index (χ1) is 10.5. The molecule has 0 radical (unpaired) electrons. The van der Waals surface area contributed by atoms with Crippen LogP contribution in [0.5, 0.6) is 0 Å². The molecule has 0 saturated carbocycles. The molecule has 0 bridgehead atoms. The fourth-order valence-electron chi connectivity index (χ4n) is 2.87. The molecule has 1 aliphatic rings. The highest BCUT2D eigenvalue weighted by atomic mass is 19.2. The predicted octanol–water partition coefficient (Wildman–Crippen LogP) is 4.35. The number of benzene rings is 2. The lowest BCUT2D eigenvalue weighted by Gasteiger charge is -2.20.